The maximum Gasteiger partial charge on any atom is 0.209 e. The van der Waals surface area contributed by atoms with Gasteiger partial charge in [-0.25, -0.2) is 9.97 Å². The van der Waals surface area contributed by atoms with E-state index < -0.39 is 0 Å². The third-order valence-electron chi connectivity index (χ3n) is 4.38. The molecule has 27 heavy (non-hydrogen) atoms. The smallest absolute Gasteiger partial charge is 0.209 e. The van der Waals surface area contributed by atoms with Crippen molar-refractivity contribution in [3.05, 3.63) is 47.0 Å². The molecule has 8 heteroatoms. The number of ketones is 1. The topological polar surface area (TPSA) is 85.8 Å². The molecule has 138 valence electrons. The van der Waals surface area contributed by atoms with Crippen molar-refractivity contribution in [3.63, 3.8) is 0 Å². The zero-order chi connectivity index (χ0) is 19.0. The molecule has 0 atom stereocenters. The quantitative estimate of drug-likeness (QED) is 0.466. The first-order chi connectivity index (χ1) is 13.0. The van der Waals surface area contributed by atoms with Crippen LogP contribution in [0.15, 0.2) is 36.4 Å². The fourth-order valence-corrected chi connectivity index (χ4v) is 4.08. The van der Waals surface area contributed by atoms with Crippen LogP contribution >= 0.6 is 22.9 Å². The van der Waals surface area contributed by atoms with E-state index in [2.05, 4.69) is 15.3 Å². The lowest BCUT2D eigenvalue weighted by Crippen LogP contribution is -2.04. The molecule has 4 rings (SSSR count). The third-order valence-corrected chi connectivity index (χ3v) is 5.55. The minimum absolute atomic E-state index is 0.0885. The highest BCUT2D eigenvalue weighted by atomic mass is 35.5. The summed E-state index contributed by atoms with van der Waals surface area (Å²) in [4.78, 5) is 21.4. The molecule has 2 aromatic heterocycles. The maximum atomic E-state index is 12.2. The van der Waals surface area contributed by atoms with E-state index >= 15 is 0 Å². The molecule has 0 saturated heterocycles. The summed E-state index contributed by atoms with van der Waals surface area (Å²) >= 11 is 7.56. The van der Waals surface area contributed by atoms with Gasteiger partial charge in [0, 0.05) is 24.1 Å². The molecule has 0 unspecified atom stereocenters. The van der Waals surface area contributed by atoms with Crippen LogP contribution in [0.3, 0.4) is 0 Å². The van der Waals surface area contributed by atoms with Gasteiger partial charge in [-0.2, -0.15) is 0 Å². The second kappa shape index (κ2) is 7.26. The van der Waals surface area contributed by atoms with Crippen LogP contribution < -0.4 is 11.1 Å². The first-order valence-corrected chi connectivity index (χ1v) is 9.77. The zero-order valence-electron chi connectivity index (χ0n) is 14.7. The molecule has 0 aliphatic rings. The number of halogens is 1. The predicted octanol–water partition coefficient (Wildman–Crippen LogP) is 4.50. The fraction of sp³-hybridized carbons (Fsp3) is 0.211. The van der Waals surface area contributed by atoms with Gasteiger partial charge in [0.1, 0.15) is 0 Å². The van der Waals surface area contributed by atoms with E-state index in [0.29, 0.717) is 35.9 Å². The molecule has 0 radical (unpaired) electrons. The predicted molar refractivity (Wildman–Crippen MR) is 111 cm³/mol. The lowest BCUT2D eigenvalue weighted by atomic mass is 10.1. The molecule has 4 aromatic rings. The summed E-state index contributed by atoms with van der Waals surface area (Å²) in [6, 6.07) is 11.2. The minimum Gasteiger partial charge on any atom is -0.330 e. The van der Waals surface area contributed by atoms with Crippen LogP contribution in [0.4, 0.5) is 11.1 Å². The number of benzene rings is 2. The lowest BCUT2D eigenvalue weighted by Gasteiger charge is -2.02. The van der Waals surface area contributed by atoms with Gasteiger partial charge in [-0.3, -0.25) is 4.79 Å². The fourth-order valence-electron chi connectivity index (χ4n) is 2.94. The molecule has 0 bridgehead atoms. The highest BCUT2D eigenvalue weighted by molar-refractivity contribution is 7.22. The lowest BCUT2D eigenvalue weighted by molar-refractivity contribution is 0.0981. The van der Waals surface area contributed by atoms with Crippen LogP contribution in [0, 0.1) is 0 Å². The number of rotatable bonds is 6. The SMILES string of the molecule is Cn1c(Nc2nc3ccc(Cl)cc3s2)nc2cc(C(=O)CCCN)ccc21. The molecule has 6 nitrogen and oxygen atoms in total. The van der Waals surface area contributed by atoms with Crippen molar-refractivity contribution >= 4 is 61.1 Å². The number of aromatic nitrogens is 3. The number of aryl methyl sites for hydroxylation is 1. The van der Waals surface area contributed by atoms with Crippen molar-refractivity contribution in [2.24, 2.45) is 12.8 Å². The average Bonchev–Trinajstić information content (AvgIpc) is 3.19. The van der Waals surface area contributed by atoms with Gasteiger partial charge in [0.05, 0.1) is 21.3 Å². The van der Waals surface area contributed by atoms with Crippen LogP contribution in [0.5, 0.6) is 0 Å². The number of anilines is 2. The van der Waals surface area contributed by atoms with E-state index in [0.717, 1.165) is 26.4 Å². The minimum atomic E-state index is 0.0885. The first kappa shape index (κ1) is 17.9. The number of carbonyl (C=O) groups is 1. The van der Waals surface area contributed by atoms with Gasteiger partial charge in [0.15, 0.2) is 10.9 Å². The molecule has 2 aromatic carbocycles. The average molecular weight is 400 g/mol. The van der Waals surface area contributed by atoms with Crippen LogP contribution in [0.25, 0.3) is 21.3 Å². The summed E-state index contributed by atoms with van der Waals surface area (Å²) < 4.78 is 2.96. The number of hydrogen-bond acceptors (Lipinski definition) is 6. The number of imidazole rings is 1. The summed E-state index contributed by atoms with van der Waals surface area (Å²) in [7, 11) is 1.93. The first-order valence-electron chi connectivity index (χ1n) is 8.58. The Bertz CT molecular complexity index is 1150. The highest BCUT2D eigenvalue weighted by Gasteiger charge is 2.13. The summed E-state index contributed by atoms with van der Waals surface area (Å²) in [5, 5.41) is 4.70. The largest absolute Gasteiger partial charge is 0.330 e. The normalized spacial score (nSPS) is 11.4. The molecule has 0 aliphatic carbocycles. The number of fused-ring (bicyclic) bond motifs is 2. The van der Waals surface area contributed by atoms with Crippen molar-refractivity contribution in [3.8, 4) is 0 Å². The molecule has 0 aliphatic heterocycles. The number of nitrogens with zero attached hydrogens (tertiary/aromatic N) is 3. The van der Waals surface area contributed by atoms with E-state index in [9.17, 15) is 4.79 Å². The van der Waals surface area contributed by atoms with Gasteiger partial charge in [-0.1, -0.05) is 22.9 Å². The van der Waals surface area contributed by atoms with E-state index in [-0.39, 0.29) is 5.78 Å². The highest BCUT2D eigenvalue weighted by Crippen LogP contribution is 2.31. The summed E-state index contributed by atoms with van der Waals surface area (Å²) in [5.41, 5.74) is 8.75. The van der Waals surface area contributed by atoms with Crippen LogP contribution in [0.1, 0.15) is 23.2 Å². The Labute approximate surface area is 165 Å². The third kappa shape index (κ3) is 3.53. The van der Waals surface area contributed by atoms with Gasteiger partial charge in [0.2, 0.25) is 5.95 Å². The van der Waals surface area contributed by atoms with E-state index in [1.165, 1.54) is 11.3 Å². The molecule has 3 N–H and O–H groups in total. The summed E-state index contributed by atoms with van der Waals surface area (Å²) in [6.45, 7) is 0.513. The van der Waals surface area contributed by atoms with Crippen molar-refractivity contribution in [2.45, 2.75) is 12.8 Å². The Morgan fingerprint density at radius 2 is 2.07 bits per heavy atom. The Hall–Kier alpha value is -2.48. The monoisotopic (exact) mass is 399 g/mol. The second-order valence-electron chi connectivity index (χ2n) is 6.27. The summed E-state index contributed by atoms with van der Waals surface area (Å²) in [5.74, 6) is 0.757. The van der Waals surface area contributed by atoms with Gasteiger partial charge in [0.25, 0.3) is 0 Å². The molecule has 2 heterocycles. The number of nitrogens with one attached hydrogen (secondary N) is 1. The summed E-state index contributed by atoms with van der Waals surface area (Å²) in [6.07, 6.45) is 1.14. The van der Waals surface area contributed by atoms with E-state index in [4.69, 9.17) is 17.3 Å². The number of Topliss-reactive ketones (excluding diaryl/α,β-unsaturated/α-hetero) is 1. The number of thiazole rings is 1. The molecule has 0 fully saturated rings. The Kier molecular flexibility index (Phi) is 4.82. The van der Waals surface area contributed by atoms with E-state index in [1.807, 2.05) is 48.0 Å². The van der Waals surface area contributed by atoms with E-state index in [1.54, 1.807) is 0 Å². The van der Waals surface area contributed by atoms with Gasteiger partial charge in [-0.05, 0) is 49.4 Å². The number of hydrogen-bond donors (Lipinski definition) is 2. The van der Waals surface area contributed by atoms with Crippen LogP contribution in [-0.4, -0.2) is 26.9 Å². The Morgan fingerprint density at radius 1 is 1.22 bits per heavy atom. The van der Waals surface area contributed by atoms with Crippen molar-refractivity contribution < 1.29 is 4.79 Å². The van der Waals surface area contributed by atoms with Crippen molar-refractivity contribution in [1.82, 2.24) is 14.5 Å². The zero-order valence-corrected chi connectivity index (χ0v) is 16.3. The number of carbonyl (C=O) groups excluding carboxylic acids is 1. The molecular formula is C19H18ClN5OS. The molecule has 0 saturated carbocycles. The van der Waals surface area contributed by atoms with Crippen LogP contribution in [-0.2, 0) is 7.05 Å². The Balaban J connectivity index is 1.64. The van der Waals surface area contributed by atoms with Gasteiger partial charge >= 0.3 is 0 Å². The second-order valence-corrected chi connectivity index (χ2v) is 7.74. The molecule has 0 spiro atoms. The Morgan fingerprint density at radius 3 is 2.89 bits per heavy atom. The standard InChI is InChI=1S/C19H18ClN5OS/c1-25-15-7-4-11(16(26)3-2-8-21)9-14(15)22-18(25)24-19-23-13-6-5-12(20)10-17(13)27-19/h4-7,9-10H,2-3,8,21H2,1H3,(H,22,23,24). The van der Waals surface area contributed by atoms with Crippen LogP contribution in [0.2, 0.25) is 5.02 Å². The molecular weight excluding hydrogens is 382 g/mol. The van der Waals surface area contributed by atoms with Gasteiger partial charge in [-0.15, -0.1) is 0 Å². The van der Waals surface area contributed by atoms with Crippen molar-refractivity contribution in [2.75, 3.05) is 11.9 Å². The maximum absolute atomic E-state index is 12.2. The number of nitrogens with two attached hydrogens (primary N) is 1. The van der Waals surface area contributed by atoms with Gasteiger partial charge < -0.3 is 15.6 Å². The van der Waals surface area contributed by atoms with Crippen molar-refractivity contribution in [1.29, 1.82) is 0 Å². The molecule has 0 amide bonds.